The molecule has 2 atom stereocenters. The Balaban J connectivity index is 0.985. The molecule has 0 aliphatic carbocycles. The van der Waals surface area contributed by atoms with Crippen LogP contribution in [0, 0.1) is 11.3 Å². The minimum absolute atomic E-state index is 0.00914. The summed E-state index contributed by atoms with van der Waals surface area (Å²) in [6.07, 6.45) is 3.31. The molecule has 0 N–H and O–H groups in total. The molecular formula is C52H50N2O4. The Bertz CT molecular complexity index is 2740. The van der Waals surface area contributed by atoms with E-state index in [2.05, 4.69) is 156 Å². The van der Waals surface area contributed by atoms with E-state index in [9.17, 15) is 14.4 Å². The molecule has 0 fully saturated rings. The van der Waals surface area contributed by atoms with E-state index in [0.29, 0.717) is 19.3 Å². The smallest absolute Gasteiger partial charge is 0.312 e. The summed E-state index contributed by atoms with van der Waals surface area (Å²) in [7, 11) is 0. The van der Waals surface area contributed by atoms with Crippen LogP contribution in [0.25, 0.3) is 66.1 Å². The highest BCUT2D eigenvalue weighted by Gasteiger charge is 2.34. The van der Waals surface area contributed by atoms with E-state index in [1.165, 1.54) is 28.7 Å². The number of fused-ring (bicyclic) bond motifs is 6. The average Bonchev–Trinajstić information content (AvgIpc) is 3.75. The Kier molecular flexibility index (Phi) is 10.8. The highest BCUT2D eigenvalue weighted by Crippen LogP contribution is 2.37. The van der Waals surface area contributed by atoms with Crippen LogP contribution in [0.5, 0.6) is 0 Å². The molecule has 8 aromatic rings. The van der Waals surface area contributed by atoms with Gasteiger partial charge in [0.2, 0.25) is 0 Å². The first kappa shape index (κ1) is 38.6. The molecule has 6 heteroatoms. The average molecular weight is 767 g/mol. The maximum Gasteiger partial charge on any atom is 0.312 e. The van der Waals surface area contributed by atoms with E-state index in [4.69, 9.17) is 4.74 Å². The van der Waals surface area contributed by atoms with Crippen LogP contribution in [-0.2, 0) is 25.7 Å². The Hall–Kier alpha value is -6.27. The minimum Gasteiger partial charge on any atom is -0.460 e. The monoisotopic (exact) mass is 766 g/mol. The van der Waals surface area contributed by atoms with Crippen LogP contribution in [-0.4, -0.2) is 26.7 Å². The first-order valence-electron chi connectivity index (χ1n) is 20.5. The van der Waals surface area contributed by atoms with Gasteiger partial charge in [-0.25, -0.2) is 0 Å². The third kappa shape index (κ3) is 7.59. The molecule has 2 unspecified atom stereocenters. The maximum atomic E-state index is 13.5. The lowest BCUT2D eigenvalue weighted by atomic mass is 9.78. The van der Waals surface area contributed by atoms with Gasteiger partial charge in [-0.05, 0) is 110 Å². The topological polar surface area (TPSA) is 70.3 Å². The third-order valence-corrected chi connectivity index (χ3v) is 11.9. The number of rotatable bonds is 15. The fourth-order valence-electron chi connectivity index (χ4n) is 8.77. The summed E-state index contributed by atoms with van der Waals surface area (Å²) in [6.45, 7) is 7.78. The third-order valence-electron chi connectivity index (χ3n) is 11.9. The predicted molar refractivity (Wildman–Crippen MR) is 237 cm³/mol. The van der Waals surface area contributed by atoms with Gasteiger partial charge in [0.1, 0.15) is 18.2 Å². The number of benzene rings is 6. The fourth-order valence-corrected chi connectivity index (χ4v) is 8.77. The van der Waals surface area contributed by atoms with E-state index >= 15 is 0 Å². The standard InChI is InChI=1S/C52H50N2O4/c1-5-52(4,33-35(2)13-12-14-42(56)31-36(3)55)51(57)58-34-37-21-30-50-46(32-37)45-17-8-11-20-49(45)54(50)41-28-24-39(25-29-41)38-22-26-40(27-23-38)53-47-18-9-6-15-43(47)44-16-7-10-19-48(44)53/h6-11,15-30,32,35H,5,12-14,31,33-34H2,1-4H3. The lowest BCUT2D eigenvalue weighted by molar-refractivity contribution is -0.157. The molecule has 0 spiro atoms. The van der Waals surface area contributed by atoms with Gasteiger partial charge in [-0.1, -0.05) is 105 Å². The van der Waals surface area contributed by atoms with Gasteiger partial charge in [0, 0.05) is 39.3 Å². The van der Waals surface area contributed by atoms with Crippen LogP contribution in [0.4, 0.5) is 0 Å². The summed E-state index contributed by atoms with van der Waals surface area (Å²) >= 11 is 0. The molecule has 0 saturated carbocycles. The second-order valence-corrected chi connectivity index (χ2v) is 16.3. The van der Waals surface area contributed by atoms with Crippen molar-refractivity contribution < 1.29 is 19.1 Å². The van der Waals surface area contributed by atoms with Crippen molar-refractivity contribution in [1.82, 2.24) is 9.13 Å². The van der Waals surface area contributed by atoms with Crippen molar-refractivity contribution in [3.63, 3.8) is 0 Å². The number of para-hydroxylation sites is 3. The van der Waals surface area contributed by atoms with E-state index in [1.807, 2.05) is 13.8 Å². The highest BCUT2D eigenvalue weighted by molar-refractivity contribution is 6.10. The minimum atomic E-state index is -0.622. The molecule has 58 heavy (non-hydrogen) atoms. The molecule has 292 valence electrons. The SMILES string of the molecule is CCC(C)(CC(C)CCCC(=O)CC(C)=O)C(=O)OCc1ccc2c(c1)c1ccccc1n2-c1ccc(-c2ccc(-n3c4ccccc4c4ccccc43)cc2)cc1. The lowest BCUT2D eigenvalue weighted by Gasteiger charge is -2.29. The van der Waals surface area contributed by atoms with E-state index in [1.54, 1.807) is 0 Å². The molecule has 0 aliphatic heterocycles. The Morgan fingerprint density at radius 3 is 1.62 bits per heavy atom. The largest absolute Gasteiger partial charge is 0.460 e. The van der Waals surface area contributed by atoms with E-state index in [0.717, 1.165) is 62.7 Å². The van der Waals surface area contributed by atoms with Crippen molar-refractivity contribution in [2.75, 3.05) is 0 Å². The van der Waals surface area contributed by atoms with Gasteiger partial charge < -0.3 is 13.9 Å². The van der Waals surface area contributed by atoms with Crippen LogP contribution in [0.3, 0.4) is 0 Å². The number of carbonyl (C=O) groups excluding carboxylic acids is 3. The summed E-state index contributed by atoms with van der Waals surface area (Å²) in [5.74, 6) is -0.0512. The molecule has 6 aromatic carbocycles. The lowest BCUT2D eigenvalue weighted by Crippen LogP contribution is -2.31. The molecule has 2 aromatic heterocycles. The first-order valence-corrected chi connectivity index (χ1v) is 20.5. The second kappa shape index (κ2) is 16.3. The zero-order valence-electron chi connectivity index (χ0n) is 33.8. The zero-order valence-corrected chi connectivity index (χ0v) is 33.8. The molecule has 6 nitrogen and oxygen atoms in total. The van der Waals surface area contributed by atoms with Crippen LogP contribution in [0.15, 0.2) is 140 Å². The highest BCUT2D eigenvalue weighted by atomic mass is 16.5. The predicted octanol–water partition coefficient (Wildman–Crippen LogP) is 12.8. The van der Waals surface area contributed by atoms with Crippen LogP contribution >= 0.6 is 0 Å². The van der Waals surface area contributed by atoms with Gasteiger partial charge >= 0.3 is 5.97 Å². The fraction of sp³-hybridized carbons (Fsp3) is 0.250. The maximum absolute atomic E-state index is 13.5. The normalized spacial score (nSPS) is 13.2. The summed E-state index contributed by atoms with van der Waals surface area (Å²) < 4.78 is 10.7. The summed E-state index contributed by atoms with van der Waals surface area (Å²) in [6, 6.07) is 49.6. The van der Waals surface area contributed by atoms with E-state index in [-0.39, 0.29) is 36.5 Å². The van der Waals surface area contributed by atoms with Crippen molar-refractivity contribution in [3.05, 3.63) is 145 Å². The number of aromatic nitrogens is 2. The van der Waals surface area contributed by atoms with Gasteiger partial charge in [0.15, 0.2) is 0 Å². The molecule has 0 amide bonds. The summed E-state index contributed by atoms with van der Waals surface area (Å²) in [5, 5.41) is 4.76. The number of ether oxygens (including phenoxy) is 1. The van der Waals surface area contributed by atoms with Gasteiger partial charge in [-0.3, -0.25) is 14.4 Å². The van der Waals surface area contributed by atoms with Crippen molar-refractivity contribution in [2.45, 2.75) is 72.8 Å². The van der Waals surface area contributed by atoms with Crippen molar-refractivity contribution >= 4 is 61.1 Å². The molecule has 0 radical (unpaired) electrons. The van der Waals surface area contributed by atoms with Crippen LogP contribution in [0.2, 0.25) is 0 Å². The summed E-state index contributed by atoms with van der Waals surface area (Å²) in [5.41, 5.74) is 9.45. The van der Waals surface area contributed by atoms with Crippen molar-refractivity contribution in [3.8, 4) is 22.5 Å². The number of carbonyl (C=O) groups is 3. The van der Waals surface area contributed by atoms with E-state index < -0.39 is 5.41 Å². The molecule has 2 heterocycles. The van der Waals surface area contributed by atoms with Crippen molar-refractivity contribution in [2.24, 2.45) is 11.3 Å². The molecule has 0 aliphatic rings. The number of nitrogens with zero attached hydrogens (tertiary/aromatic N) is 2. The zero-order chi connectivity index (χ0) is 40.4. The molecule has 0 bridgehead atoms. The van der Waals surface area contributed by atoms with Crippen molar-refractivity contribution in [1.29, 1.82) is 0 Å². The second-order valence-electron chi connectivity index (χ2n) is 16.3. The quantitative estimate of drug-likeness (QED) is 0.0769. The Labute approximate surface area is 340 Å². The Morgan fingerprint density at radius 2 is 1.12 bits per heavy atom. The van der Waals surface area contributed by atoms with Crippen LogP contribution in [0.1, 0.15) is 71.8 Å². The van der Waals surface area contributed by atoms with Gasteiger partial charge in [-0.2, -0.15) is 0 Å². The summed E-state index contributed by atoms with van der Waals surface area (Å²) in [4.78, 5) is 36.8. The Morgan fingerprint density at radius 1 is 0.638 bits per heavy atom. The number of esters is 1. The molecule has 0 saturated heterocycles. The number of hydrogen-bond donors (Lipinski definition) is 0. The van der Waals surface area contributed by atoms with Gasteiger partial charge in [0.25, 0.3) is 0 Å². The van der Waals surface area contributed by atoms with Gasteiger partial charge in [0.05, 0.1) is 33.9 Å². The van der Waals surface area contributed by atoms with Crippen LogP contribution < -0.4 is 0 Å². The van der Waals surface area contributed by atoms with Gasteiger partial charge in [-0.15, -0.1) is 0 Å². The first-order chi connectivity index (χ1) is 28.1. The molecular weight excluding hydrogens is 717 g/mol. The number of hydrogen-bond acceptors (Lipinski definition) is 4. The number of Topliss-reactive ketones (excluding diaryl/α,β-unsaturated/α-hetero) is 2. The molecule has 8 rings (SSSR count). The number of ketones is 2.